The van der Waals surface area contributed by atoms with Crippen molar-refractivity contribution in [2.75, 3.05) is 10.6 Å². The van der Waals surface area contributed by atoms with Crippen LogP contribution < -0.4 is 10.6 Å². The first-order valence-corrected chi connectivity index (χ1v) is 6.90. The average Bonchev–Trinajstić information content (AvgIpc) is 2.35. The maximum Gasteiger partial charge on any atom is 0.221 e. The monoisotopic (exact) mass is 264 g/mol. The molecule has 1 aliphatic rings. The minimum atomic E-state index is -0.405. The van der Waals surface area contributed by atoms with Crippen molar-refractivity contribution in [3.05, 3.63) is 24.0 Å². The van der Waals surface area contributed by atoms with Gasteiger partial charge in [0.25, 0.3) is 0 Å². The van der Waals surface area contributed by atoms with E-state index in [1.165, 1.54) is 32.3 Å². The summed E-state index contributed by atoms with van der Waals surface area (Å²) in [4.78, 5) is 11.0. The molecule has 3 nitrogen and oxygen atoms in total. The van der Waals surface area contributed by atoms with Crippen LogP contribution in [0.3, 0.4) is 0 Å². The van der Waals surface area contributed by atoms with Gasteiger partial charge in [0.1, 0.15) is 5.82 Å². The number of rotatable bonds is 3. The average molecular weight is 264 g/mol. The van der Waals surface area contributed by atoms with Crippen LogP contribution in [-0.4, -0.2) is 11.9 Å². The summed E-state index contributed by atoms with van der Waals surface area (Å²) >= 11 is 0. The molecule has 2 rings (SSSR count). The van der Waals surface area contributed by atoms with Crippen LogP contribution in [0.5, 0.6) is 0 Å². The van der Waals surface area contributed by atoms with Gasteiger partial charge in [-0.05, 0) is 37.0 Å². The molecule has 0 saturated heterocycles. The maximum atomic E-state index is 13.5. The van der Waals surface area contributed by atoms with E-state index >= 15 is 0 Å². The zero-order valence-corrected chi connectivity index (χ0v) is 11.5. The number of amides is 1. The quantitative estimate of drug-likeness (QED) is 0.872. The van der Waals surface area contributed by atoms with Gasteiger partial charge in [-0.3, -0.25) is 4.79 Å². The highest BCUT2D eigenvalue weighted by Crippen LogP contribution is 2.28. The second-order valence-corrected chi connectivity index (χ2v) is 5.39. The molecule has 104 valence electrons. The molecule has 1 amide bonds. The van der Waals surface area contributed by atoms with Crippen molar-refractivity contribution in [3.8, 4) is 0 Å². The third-order valence-corrected chi connectivity index (χ3v) is 3.74. The van der Waals surface area contributed by atoms with Crippen LogP contribution in [0.1, 0.15) is 39.5 Å². The second kappa shape index (κ2) is 6.04. The van der Waals surface area contributed by atoms with Gasteiger partial charge in [0.2, 0.25) is 5.91 Å². The van der Waals surface area contributed by atoms with E-state index in [0.717, 1.165) is 12.1 Å². The summed E-state index contributed by atoms with van der Waals surface area (Å²) < 4.78 is 13.5. The fourth-order valence-corrected chi connectivity index (χ4v) is 2.65. The number of halogens is 1. The Labute approximate surface area is 113 Å². The highest BCUT2D eigenvalue weighted by atomic mass is 19.1. The first-order valence-electron chi connectivity index (χ1n) is 6.90. The highest BCUT2D eigenvalue weighted by molar-refractivity contribution is 5.89. The molecule has 0 aromatic heterocycles. The van der Waals surface area contributed by atoms with Gasteiger partial charge in [-0.1, -0.05) is 19.8 Å². The molecule has 1 fully saturated rings. The van der Waals surface area contributed by atoms with E-state index in [-0.39, 0.29) is 11.6 Å². The Balaban J connectivity index is 2.09. The predicted molar refractivity (Wildman–Crippen MR) is 75.7 cm³/mol. The Morgan fingerprint density at radius 2 is 2.05 bits per heavy atom. The molecule has 0 heterocycles. The van der Waals surface area contributed by atoms with Gasteiger partial charge in [0.15, 0.2) is 0 Å². The number of anilines is 2. The normalized spacial score (nSPS) is 22.9. The first kappa shape index (κ1) is 13.8. The third kappa shape index (κ3) is 3.69. The van der Waals surface area contributed by atoms with Crippen molar-refractivity contribution in [2.45, 2.75) is 45.6 Å². The molecular formula is C15H21FN2O. The number of carbonyl (C=O) groups is 1. The summed E-state index contributed by atoms with van der Waals surface area (Å²) in [5, 5.41) is 5.96. The van der Waals surface area contributed by atoms with Gasteiger partial charge in [0, 0.05) is 18.7 Å². The zero-order chi connectivity index (χ0) is 13.8. The number of hydrogen-bond acceptors (Lipinski definition) is 2. The van der Waals surface area contributed by atoms with Gasteiger partial charge in [-0.2, -0.15) is 0 Å². The van der Waals surface area contributed by atoms with Gasteiger partial charge in [0.05, 0.1) is 5.69 Å². The summed E-state index contributed by atoms with van der Waals surface area (Å²) in [7, 11) is 0. The third-order valence-electron chi connectivity index (χ3n) is 3.74. The standard InChI is InChI=1S/C15H21FN2O/c1-10-5-3-4-6-14(10)18-12-7-8-13(16)15(9-12)17-11(2)19/h7-10,14,18H,3-6H2,1-2H3,(H,17,19). The van der Waals surface area contributed by atoms with E-state index in [0.29, 0.717) is 12.0 Å². The summed E-state index contributed by atoms with van der Waals surface area (Å²) in [5.74, 6) is -0.0393. The van der Waals surface area contributed by atoms with Crippen LogP contribution in [0.25, 0.3) is 0 Å². The van der Waals surface area contributed by atoms with E-state index in [2.05, 4.69) is 17.6 Å². The lowest BCUT2D eigenvalue weighted by Crippen LogP contribution is -2.30. The molecule has 0 spiro atoms. The lowest BCUT2D eigenvalue weighted by molar-refractivity contribution is -0.114. The molecule has 4 heteroatoms. The van der Waals surface area contributed by atoms with Gasteiger partial charge >= 0.3 is 0 Å². The molecule has 1 aliphatic carbocycles. The fourth-order valence-electron chi connectivity index (χ4n) is 2.65. The maximum absolute atomic E-state index is 13.5. The van der Waals surface area contributed by atoms with Gasteiger partial charge in [-0.15, -0.1) is 0 Å². The molecule has 0 aliphatic heterocycles. The summed E-state index contributed by atoms with van der Waals surface area (Å²) in [6.45, 7) is 3.62. The van der Waals surface area contributed by atoms with Gasteiger partial charge in [-0.25, -0.2) is 4.39 Å². The molecule has 2 atom stereocenters. The number of hydrogen-bond donors (Lipinski definition) is 2. The minimum absolute atomic E-state index is 0.237. The Morgan fingerprint density at radius 1 is 1.32 bits per heavy atom. The van der Waals surface area contributed by atoms with Crippen molar-refractivity contribution in [2.24, 2.45) is 5.92 Å². The van der Waals surface area contributed by atoms with Crippen LogP contribution in [0.15, 0.2) is 18.2 Å². The predicted octanol–water partition coefficient (Wildman–Crippen LogP) is 3.77. The number of benzene rings is 1. The van der Waals surface area contributed by atoms with Crippen molar-refractivity contribution in [1.82, 2.24) is 0 Å². The fraction of sp³-hybridized carbons (Fsp3) is 0.533. The molecule has 1 aromatic carbocycles. The molecule has 0 bridgehead atoms. The van der Waals surface area contributed by atoms with Crippen LogP contribution in [0.4, 0.5) is 15.8 Å². The molecule has 1 saturated carbocycles. The lowest BCUT2D eigenvalue weighted by atomic mass is 9.86. The smallest absolute Gasteiger partial charge is 0.221 e. The van der Waals surface area contributed by atoms with Crippen LogP contribution >= 0.6 is 0 Å². The highest BCUT2D eigenvalue weighted by Gasteiger charge is 2.21. The molecular weight excluding hydrogens is 243 g/mol. The van der Waals surface area contributed by atoms with E-state index in [1.54, 1.807) is 12.1 Å². The van der Waals surface area contributed by atoms with E-state index in [9.17, 15) is 9.18 Å². The molecule has 19 heavy (non-hydrogen) atoms. The van der Waals surface area contributed by atoms with E-state index < -0.39 is 5.82 Å². The summed E-state index contributed by atoms with van der Waals surface area (Å²) in [6.07, 6.45) is 4.91. The number of carbonyl (C=O) groups excluding carboxylic acids is 1. The molecule has 1 aromatic rings. The molecule has 2 N–H and O–H groups in total. The SMILES string of the molecule is CC(=O)Nc1cc(NC2CCCCC2C)ccc1F. The van der Waals surface area contributed by atoms with E-state index in [1.807, 2.05) is 0 Å². The second-order valence-electron chi connectivity index (χ2n) is 5.39. The summed E-state index contributed by atoms with van der Waals surface area (Å²) in [6, 6.07) is 5.21. The largest absolute Gasteiger partial charge is 0.382 e. The topological polar surface area (TPSA) is 41.1 Å². The van der Waals surface area contributed by atoms with Crippen LogP contribution in [0, 0.1) is 11.7 Å². The van der Waals surface area contributed by atoms with Gasteiger partial charge < -0.3 is 10.6 Å². The Morgan fingerprint density at radius 3 is 2.74 bits per heavy atom. The van der Waals surface area contributed by atoms with Crippen LogP contribution in [0.2, 0.25) is 0 Å². The van der Waals surface area contributed by atoms with Crippen molar-refractivity contribution >= 4 is 17.3 Å². The van der Waals surface area contributed by atoms with Crippen molar-refractivity contribution < 1.29 is 9.18 Å². The van der Waals surface area contributed by atoms with Crippen molar-refractivity contribution in [3.63, 3.8) is 0 Å². The Kier molecular flexibility index (Phi) is 4.40. The number of nitrogens with one attached hydrogen (secondary N) is 2. The first-order chi connectivity index (χ1) is 9.06. The lowest BCUT2D eigenvalue weighted by Gasteiger charge is -2.30. The molecule has 0 radical (unpaired) electrons. The zero-order valence-electron chi connectivity index (χ0n) is 11.5. The Hall–Kier alpha value is -1.58. The van der Waals surface area contributed by atoms with E-state index in [4.69, 9.17) is 0 Å². The minimum Gasteiger partial charge on any atom is -0.382 e. The van der Waals surface area contributed by atoms with Crippen LogP contribution in [-0.2, 0) is 4.79 Å². The Bertz CT molecular complexity index is 461. The van der Waals surface area contributed by atoms with Crippen molar-refractivity contribution in [1.29, 1.82) is 0 Å². The molecule has 2 unspecified atom stereocenters. The summed E-state index contributed by atoms with van der Waals surface area (Å²) in [5.41, 5.74) is 1.10.